The lowest BCUT2D eigenvalue weighted by Gasteiger charge is -1.79. The third kappa shape index (κ3) is 71.8. The predicted molar refractivity (Wildman–Crippen MR) is 75.4 cm³/mol. The van der Waals surface area contributed by atoms with Crippen molar-refractivity contribution in [2.24, 2.45) is 0 Å². The molecule has 0 heterocycles. The zero-order valence-corrected chi connectivity index (χ0v) is 12.3. The van der Waals surface area contributed by atoms with Crippen molar-refractivity contribution in [3.05, 3.63) is 24.3 Å². The molecule has 6 N–H and O–H groups in total. The molecule has 0 rings (SSSR count). The van der Waals surface area contributed by atoms with Crippen LogP contribution in [0.1, 0.15) is 13.8 Å². The normalized spacial score (nSPS) is 6.60. The Bertz CT molecular complexity index is 198. The predicted octanol–water partition coefficient (Wildman–Crippen LogP) is -0.518. The SMILES string of the molecule is C=C(C)C(=O)O.C=C(C)C(=O)O.CO.CO.OCCO. The molecule has 0 saturated carbocycles. The second kappa shape index (κ2) is 30.4. The van der Waals surface area contributed by atoms with Gasteiger partial charge in [-0.05, 0) is 13.8 Å². The zero-order valence-electron chi connectivity index (χ0n) is 12.3. The van der Waals surface area contributed by atoms with Crippen molar-refractivity contribution in [2.75, 3.05) is 27.4 Å². The van der Waals surface area contributed by atoms with Gasteiger partial charge >= 0.3 is 11.9 Å². The Hall–Kier alpha value is -1.74. The van der Waals surface area contributed by atoms with Crippen LogP contribution in [-0.4, -0.2) is 70.0 Å². The van der Waals surface area contributed by atoms with Gasteiger partial charge in [0.05, 0.1) is 13.2 Å². The Kier molecular flexibility index (Phi) is 47.0. The van der Waals surface area contributed by atoms with Gasteiger partial charge in [-0.3, -0.25) is 0 Å². The van der Waals surface area contributed by atoms with Crippen molar-refractivity contribution in [3.63, 3.8) is 0 Å². The number of aliphatic hydroxyl groups is 4. The van der Waals surface area contributed by atoms with E-state index in [1.807, 2.05) is 0 Å². The molecule has 0 aromatic heterocycles. The molecule has 0 aliphatic carbocycles. The van der Waals surface area contributed by atoms with Crippen LogP contribution in [0, 0.1) is 0 Å². The van der Waals surface area contributed by atoms with Gasteiger partial charge in [0.15, 0.2) is 0 Å². The average molecular weight is 298 g/mol. The van der Waals surface area contributed by atoms with Crippen molar-refractivity contribution in [2.45, 2.75) is 13.8 Å². The average Bonchev–Trinajstić information content (AvgIpc) is 2.44. The summed E-state index contributed by atoms with van der Waals surface area (Å²) < 4.78 is 0. The molecule has 0 unspecified atom stereocenters. The van der Waals surface area contributed by atoms with Crippen molar-refractivity contribution in [1.82, 2.24) is 0 Å². The van der Waals surface area contributed by atoms with E-state index in [1.165, 1.54) is 13.8 Å². The van der Waals surface area contributed by atoms with Crippen molar-refractivity contribution >= 4 is 11.9 Å². The lowest BCUT2D eigenvalue weighted by molar-refractivity contribution is -0.133. The molecular weight excluding hydrogens is 272 g/mol. The second-order valence-corrected chi connectivity index (χ2v) is 2.62. The molecule has 0 atom stereocenters. The molecule has 0 bridgehead atoms. The summed E-state index contributed by atoms with van der Waals surface area (Å²) in [4.78, 5) is 19.2. The highest BCUT2D eigenvalue weighted by Crippen LogP contribution is 1.81. The lowest BCUT2D eigenvalue weighted by atomic mass is 10.4. The van der Waals surface area contributed by atoms with Crippen LogP contribution in [0.15, 0.2) is 24.3 Å². The van der Waals surface area contributed by atoms with E-state index in [4.69, 9.17) is 30.6 Å². The van der Waals surface area contributed by atoms with E-state index in [0.717, 1.165) is 14.2 Å². The van der Waals surface area contributed by atoms with Gasteiger partial charge in [0, 0.05) is 25.4 Å². The molecule has 8 nitrogen and oxygen atoms in total. The van der Waals surface area contributed by atoms with Crippen LogP contribution in [0.5, 0.6) is 0 Å². The van der Waals surface area contributed by atoms with Crippen LogP contribution >= 0.6 is 0 Å². The maximum absolute atomic E-state index is 9.60. The van der Waals surface area contributed by atoms with Gasteiger partial charge in [-0.25, -0.2) is 9.59 Å². The van der Waals surface area contributed by atoms with Crippen molar-refractivity contribution in [3.8, 4) is 0 Å². The molecule has 0 radical (unpaired) electrons. The number of rotatable bonds is 3. The van der Waals surface area contributed by atoms with Gasteiger partial charge in [0.1, 0.15) is 0 Å². The second-order valence-electron chi connectivity index (χ2n) is 2.62. The Labute approximate surface area is 118 Å². The van der Waals surface area contributed by atoms with Crippen LogP contribution in [0.25, 0.3) is 0 Å². The Balaban J connectivity index is -0.0000000506. The summed E-state index contributed by atoms with van der Waals surface area (Å²) in [6, 6.07) is 0. The highest BCUT2D eigenvalue weighted by molar-refractivity contribution is 5.85. The fourth-order valence-electron chi connectivity index (χ4n) is 0. The number of carboxylic acid groups (broad SMARTS) is 2. The van der Waals surface area contributed by atoms with E-state index in [0.29, 0.717) is 0 Å². The molecule has 0 saturated heterocycles. The standard InChI is InChI=1S/2C4H6O2.C2H6O2.2CH4O/c2*1-3(2)4(5)6;3-1-2-4;2*1-2/h2*1H2,2H3,(H,5,6);3-4H,1-2H2;2*2H,1H3. The Morgan fingerprint density at radius 1 is 0.750 bits per heavy atom. The zero-order chi connectivity index (χ0) is 17.7. The number of aliphatic hydroxyl groups excluding tert-OH is 4. The maximum atomic E-state index is 9.60. The topological polar surface area (TPSA) is 156 Å². The number of hydrogen-bond donors (Lipinski definition) is 6. The number of carbonyl (C=O) groups is 2. The van der Waals surface area contributed by atoms with Gasteiger partial charge in [0.2, 0.25) is 0 Å². The van der Waals surface area contributed by atoms with E-state index in [9.17, 15) is 9.59 Å². The molecule has 0 aliphatic rings. The molecule has 20 heavy (non-hydrogen) atoms. The summed E-state index contributed by atoms with van der Waals surface area (Å²) in [6.07, 6.45) is 0. The molecular formula is C12H26O8. The molecule has 0 aromatic carbocycles. The summed E-state index contributed by atoms with van der Waals surface area (Å²) in [5.74, 6) is -1.87. The number of hydrogen-bond acceptors (Lipinski definition) is 6. The van der Waals surface area contributed by atoms with E-state index < -0.39 is 11.9 Å². The largest absolute Gasteiger partial charge is 0.478 e. The van der Waals surface area contributed by atoms with Gasteiger partial charge in [0.25, 0.3) is 0 Å². The van der Waals surface area contributed by atoms with Crippen molar-refractivity contribution < 1.29 is 40.2 Å². The number of carboxylic acids is 2. The Morgan fingerprint density at radius 2 is 0.850 bits per heavy atom. The van der Waals surface area contributed by atoms with Gasteiger partial charge in [-0.15, -0.1) is 0 Å². The summed E-state index contributed by atoms with van der Waals surface area (Å²) in [5, 5.41) is 45.0. The minimum atomic E-state index is -0.935. The molecule has 122 valence electrons. The van der Waals surface area contributed by atoms with E-state index in [1.54, 1.807) is 0 Å². The smallest absolute Gasteiger partial charge is 0.330 e. The van der Waals surface area contributed by atoms with Crippen LogP contribution in [0.4, 0.5) is 0 Å². The fourth-order valence-corrected chi connectivity index (χ4v) is 0. The maximum Gasteiger partial charge on any atom is 0.330 e. The molecule has 0 spiro atoms. The minimum absolute atomic E-state index is 0.125. The van der Waals surface area contributed by atoms with E-state index >= 15 is 0 Å². The first-order valence-corrected chi connectivity index (χ1v) is 5.09. The summed E-state index contributed by atoms with van der Waals surface area (Å²) >= 11 is 0. The van der Waals surface area contributed by atoms with Crippen LogP contribution in [-0.2, 0) is 9.59 Å². The van der Waals surface area contributed by atoms with Crippen molar-refractivity contribution in [1.29, 1.82) is 0 Å². The lowest BCUT2D eigenvalue weighted by Crippen LogP contribution is -1.92. The summed E-state index contributed by atoms with van der Waals surface area (Å²) in [7, 11) is 2.00. The first kappa shape index (κ1) is 30.9. The first-order valence-electron chi connectivity index (χ1n) is 5.09. The molecule has 0 aliphatic heterocycles. The molecule has 0 aromatic rings. The van der Waals surface area contributed by atoms with Gasteiger partial charge < -0.3 is 30.6 Å². The molecule has 8 heteroatoms. The van der Waals surface area contributed by atoms with E-state index in [-0.39, 0.29) is 24.4 Å². The molecule has 0 amide bonds. The molecule has 0 fully saturated rings. The monoisotopic (exact) mass is 298 g/mol. The summed E-state index contributed by atoms with van der Waals surface area (Å²) in [6.45, 7) is 8.95. The van der Waals surface area contributed by atoms with Gasteiger partial charge in [-0.1, -0.05) is 13.2 Å². The van der Waals surface area contributed by atoms with Crippen LogP contribution in [0.2, 0.25) is 0 Å². The highest BCUT2D eigenvalue weighted by Gasteiger charge is 1.90. The highest BCUT2D eigenvalue weighted by atomic mass is 16.4. The quantitative estimate of drug-likeness (QED) is 0.380. The van der Waals surface area contributed by atoms with Crippen LogP contribution < -0.4 is 0 Å². The summed E-state index contributed by atoms with van der Waals surface area (Å²) in [5.41, 5.74) is 0.352. The fraction of sp³-hybridized carbons (Fsp3) is 0.500. The Morgan fingerprint density at radius 3 is 0.850 bits per heavy atom. The van der Waals surface area contributed by atoms with E-state index in [2.05, 4.69) is 13.2 Å². The minimum Gasteiger partial charge on any atom is -0.478 e. The first-order chi connectivity index (χ1) is 9.20. The van der Waals surface area contributed by atoms with Gasteiger partial charge in [-0.2, -0.15) is 0 Å². The third-order valence-electron chi connectivity index (χ3n) is 0.830. The third-order valence-corrected chi connectivity index (χ3v) is 0.830. The van der Waals surface area contributed by atoms with Crippen LogP contribution in [0.3, 0.4) is 0 Å². The number of aliphatic carboxylic acids is 2.